The zero-order valence-electron chi connectivity index (χ0n) is 11.7. The van der Waals surface area contributed by atoms with Gasteiger partial charge in [0.25, 0.3) is 0 Å². The molecule has 0 aliphatic heterocycles. The molecule has 20 heavy (non-hydrogen) atoms. The van der Waals surface area contributed by atoms with Gasteiger partial charge in [-0.25, -0.2) is 0 Å². The minimum atomic E-state index is 0.842. The average Bonchev–Trinajstić information content (AvgIpc) is 2.52. The van der Waals surface area contributed by atoms with E-state index in [1.54, 1.807) is 7.11 Å². The van der Waals surface area contributed by atoms with E-state index in [-0.39, 0.29) is 0 Å². The molecule has 98 valence electrons. The zero-order chi connectivity index (χ0) is 14.2. The lowest BCUT2D eigenvalue weighted by Crippen LogP contribution is -1.82. The van der Waals surface area contributed by atoms with Crippen LogP contribution in [0.1, 0.15) is 30.0 Å². The largest absolute Gasteiger partial charge is 0.497 e. The Bertz CT molecular complexity index is 671. The van der Waals surface area contributed by atoms with Crippen LogP contribution in [-0.4, -0.2) is 7.11 Å². The molecule has 0 aliphatic rings. The lowest BCUT2D eigenvalue weighted by molar-refractivity contribution is 0.415. The van der Waals surface area contributed by atoms with Crippen molar-refractivity contribution in [1.82, 2.24) is 0 Å². The standard InChI is InChI=1S/C19H16O/c1-3-4-5-16-6-8-17(9-7-16)10-11-18-12-14-19(20-2)15-13-18/h6-9,12-15H,3H2,1-2H3. The molecule has 0 spiro atoms. The molecule has 0 bridgehead atoms. The van der Waals surface area contributed by atoms with Gasteiger partial charge < -0.3 is 4.74 Å². The molecule has 2 aromatic carbocycles. The van der Waals surface area contributed by atoms with Crippen LogP contribution in [0.2, 0.25) is 0 Å². The number of benzene rings is 2. The minimum Gasteiger partial charge on any atom is -0.497 e. The zero-order valence-corrected chi connectivity index (χ0v) is 11.7. The highest BCUT2D eigenvalue weighted by Crippen LogP contribution is 2.10. The van der Waals surface area contributed by atoms with Gasteiger partial charge >= 0.3 is 0 Å². The van der Waals surface area contributed by atoms with E-state index in [4.69, 9.17) is 4.74 Å². The van der Waals surface area contributed by atoms with Crippen molar-refractivity contribution in [3.05, 3.63) is 65.2 Å². The van der Waals surface area contributed by atoms with Gasteiger partial charge in [-0.3, -0.25) is 0 Å². The van der Waals surface area contributed by atoms with Gasteiger partial charge in [0.1, 0.15) is 5.75 Å². The summed E-state index contributed by atoms with van der Waals surface area (Å²) in [5.74, 6) is 13.3. The Morgan fingerprint density at radius 3 is 1.65 bits per heavy atom. The van der Waals surface area contributed by atoms with Crippen molar-refractivity contribution in [2.45, 2.75) is 13.3 Å². The smallest absolute Gasteiger partial charge is 0.118 e. The second-order valence-electron chi connectivity index (χ2n) is 4.21. The number of ether oxygens (including phenoxy) is 1. The molecule has 0 aromatic heterocycles. The first-order valence-electron chi connectivity index (χ1n) is 6.57. The van der Waals surface area contributed by atoms with Gasteiger partial charge in [0, 0.05) is 23.1 Å². The Labute approximate surface area is 120 Å². The fourth-order valence-electron chi connectivity index (χ4n) is 1.65. The van der Waals surface area contributed by atoms with Crippen molar-refractivity contribution in [3.63, 3.8) is 0 Å². The third-order valence-electron chi connectivity index (χ3n) is 2.74. The molecule has 0 unspecified atom stereocenters. The Morgan fingerprint density at radius 2 is 1.20 bits per heavy atom. The maximum Gasteiger partial charge on any atom is 0.118 e. The predicted octanol–water partition coefficient (Wildman–Crippen LogP) is 3.86. The van der Waals surface area contributed by atoms with Crippen molar-refractivity contribution in [1.29, 1.82) is 0 Å². The molecule has 2 rings (SSSR count). The summed E-state index contributed by atoms with van der Waals surface area (Å²) >= 11 is 0. The van der Waals surface area contributed by atoms with E-state index < -0.39 is 0 Å². The van der Waals surface area contributed by atoms with Crippen LogP contribution < -0.4 is 4.74 Å². The van der Waals surface area contributed by atoms with E-state index in [9.17, 15) is 0 Å². The van der Waals surface area contributed by atoms with Crippen molar-refractivity contribution >= 4 is 0 Å². The van der Waals surface area contributed by atoms with Gasteiger partial charge in [-0.05, 0) is 48.5 Å². The maximum absolute atomic E-state index is 5.12. The van der Waals surface area contributed by atoms with Crippen LogP contribution >= 0.6 is 0 Å². The molecule has 1 nitrogen and oxygen atoms in total. The van der Waals surface area contributed by atoms with Crippen LogP contribution in [0.15, 0.2) is 48.5 Å². The molecule has 0 saturated heterocycles. The topological polar surface area (TPSA) is 9.23 Å². The first-order chi connectivity index (χ1) is 9.81. The molecule has 0 saturated carbocycles. The molecule has 0 atom stereocenters. The van der Waals surface area contributed by atoms with E-state index >= 15 is 0 Å². The number of hydrogen-bond acceptors (Lipinski definition) is 1. The normalized spacial score (nSPS) is 8.90. The van der Waals surface area contributed by atoms with Gasteiger partial charge in [-0.15, -0.1) is 0 Å². The summed E-state index contributed by atoms with van der Waals surface area (Å²) in [6, 6.07) is 15.7. The van der Waals surface area contributed by atoms with E-state index in [0.717, 1.165) is 28.9 Å². The van der Waals surface area contributed by atoms with E-state index in [2.05, 4.69) is 23.7 Å². The summed E-state index contributed by atoms with van der Waals surface area (Å²) in [7, 11) is 1.66. The molecule has 0 N–H and O–H groups in total. The highest BCUT2D eigenvalue weighted by Gasteiger charge is 1.91. The molecule has 0 heterocycles. The SMILES string of the molecule is CCC#Cc1ccc(C#Cc2ccc(OC)cc2)cc1. The van der Waals surface area contributed by atoms with E-state index in [1.807, 2.05) is 55.5 Å². The third-order valence-corrected chi connectivity index (χ3v) is 2.74. The molecule has 0 radical (unpaired) electrons. The van der Waals surface area contributed by atoms with Crippen LogP contribution in [0, 0.1) is 23.7 Å². The lowest BCUT2D eigenvalue weighted by atomic mass is 10.1. The Kier molecular flexibility index (Phi) is 4.87. The summed E-state index contributed by atoms with van der Waals surface area (Å²) in [4.78, 5) is 0. The fraction of sp³-hybridized carbons (Fsp3) is 0.158. The van der Waals surface area contributed by atoms with E-state index in [1.165, 1.54) is 0 Å². The predicted molar refractivity (Wildman–Crippen MR) is 82.6 cm³/mol. The van der Waals surface area contributed by atoms with Crippen molar-refractivity contribution in [3.8, 4) is 29.4 Å². The molecule has 0 amide bonds. The second-order valence-corrected chi connectivity index (χ2v) is 4.21. The Balaban J connectivity index is 2.11. The van der Waals surface area contributed by atoms with Crippen LogP contribution in [0.4, 0.5) is 0 Å². The molecular formula is C19H16O. The van der Waals surface area contributed by atoms with Gasteiger partial charge in [0.05, 0.1) is 7.11 Å². The quantitative estimate of drug-likeness (QED) is 0.707. The minimum absolute atomic E-state index is 0.842. The van der Waals surface area contributed by atoms with Crippen LogP contribution in [0.3, 0.4) is 0 Å². The summed E-state index contributed by atoms with van der Waals surface area (Å²) in [6.07, 6.45) is 0.874. The maximum atomic E-state index is 5.12. The van der Waals surface area contributed by atoms with Gasteiger partial charge in [0.2, 0.25) is 0 Å². The Hall–Kier alpha value is -2.64. The van der Waals surface area contributed by atoms with Crippen molar-refractivity contribution < 1.29 is 4.74 Å². The molecular weight excluding hydrogens is 244 g/mol. The van der Waals surface area contributed by atoms with Crippen molar-refractivity contribution in [2.75, 3.05) is 7.11 Å². The summed E-state index contributed by atoms with van der Waals surface area (Å²) < 4.78 is 5.12. The number of methoxy groups -OCH3 is 1. The molecule has 2 aromatic rings. The molecule has 1 heteroatoms. The fourth-order valence-corrected chi connectivity index (χ4v) is 1.65. The first-order valence-corrected chi connectivity index (χ1v) is 6.57. The highest BCUT2D eigenvalue weighted by molar-refractivity contribution is 5.46. The monoisotopic (exact) mass is 260 g/mol. The summed E-state index contributed by atoms with van der Waals surface area (Å²) in [5, 5.41) is 0. The summed E-state index contributed by atoms with van der Waals surface area (Å²) in [5.41, 5.74) is 2.99. The highest BCUT2D eigenvalue weighted by atomic mass is 16.5. The van der Waals surface area contributed by atoms with Gasteiger partial charge in [0.15, 0.2) is 0 Å². The molecule has 0 aliphatic carbocycles. The van der Waals surface area contributed by atoms with E-state index in [0.29, 0.717) is 0 Å². The average molecular weight is 260 g/mol. The Morgan fingerprint density at radius 1 is 0.750 bits per heavy atom. The van der Waals surface area contributed by atoms with Crippen LogP contribution in [0.5, 0.6) is 5.75 Å². The van der Waals surface area contributed by atoms with Gasteiger partial charge in [-0.2, -0.15) is 0 Å². The van der Waals surface area contributed by atoms with Gasteiger partial charge in [-0.1, -0.05) is 30.6 Å². The lowest BCUT2D eigenvalue weighted by Gasteiger charge is -1.97. The third kappa shape index (κ3) is 3.94. The molecule has 0 fully saturated rings. The number of hydrogen-bond donors (Lipinski definition) is 0. The van der Waals surface area contributed by atoms with Crippen molar-refractivity contribution in [2.24, 2.45) is 0 Å². The first kappa shape index (κ1) is 13.8. The second kappa shape index (κ2) is 7.07. The van der Waals surface area contributed by atoms with Crippen LogP contribution in [-0.2, 0) is 0 Å². The van der Waals surface area contributed by atoms with Crippen LogP contribution in [0.25, 0.3) is 0 Å². The number of rotatable bonds is 1. The summed E-state index contributed by atoms with van der Waals surface area (Å²) in [6.45, 7) is 2.04.